The van der Waals surface area contributed by atoms with Gasteiger partial charge in [0.05, 0.1) is 10.2 Å². The molecule has 1 aromatic carbocycles. The normalized spacial score (nSPS) is 15.9. The van der Waals surface area contributed by atoms with Crippen molar-refractivity contribution in [1.29, 1.82) is 5.41 Å². The van der Waals surface area contributed by atoms with Gasteiger partial charge in [0, 0.05) is 37.7 Å². The van der Waals surface area contributed by atoms with Gasteiger partial charge in [-0.25, -0.2) is 4.79 Å². The fraction of sp³-hybridized carbons (Fsp3) is 0.529. The highest BCUT2D eigenvalue weighted by molar-refractivity contribution is 9.10. The van der Waals surface area contributed by atoms with Crippen LogP contribution in [-0.2, 0) is 4.74 Å². The molecule has 0 aliphatic carbocycles. The first-order valence-electron chi connectivity index (χ1n) is 7.94. The minimum Gasteiger partial charge on any atom is -0.487 e. The van der Waals surface area contributed by atoms with Gasteiger partial charge in [-0.15, -0.1) is 0 Å². The van der Waals surface area contributed by atoms with Crippen molar-refractivity contribution in [2.45, 2.75) is 45.3 Å². The third-order valence-electron chi connectivity index (χ3n) is 3.72. The number of hydrogen-bond donors (Lipinski definition) is 2. The molecule has 0 spiro atoms. The summed E-state index contributed by atoms with van der Waals surface area (Å²) in [5, 5.41) is 7.38. The molecule has 0 bridgehead atoms. The monoisotopic (exact) mass is 397 g/mol. The molecule has 1 heterocycles. The maximum Gasteiger partial charge on any atom is 0.410 e. The average Bonchev–Trinajstić information content (AvgIpc) is 2.50. The van der Waals surface area contributed by atoms with Crippen LogP contribution in [0.2, 0.25) is 0 Å². The van der Waals surface area contributed by atoms with Crippen LogP contribution in [0, 0.1) is 5.41 Å². The Balaban J connectivity index is 1.97. The van der Waals surface area contributed by atoms with E-state index in [9.17, 15) is 4.79 Å². The summed E-state index contributed by atoms with van der Waals surface area (Å²) in [5.74, 6) is 0.562. The molecule has 0 unspecified atom stereocenters. The Morgan fingerprint density at radius 1 is 1.38 bits per heavy atom. The number of ether oxygens (including phenoxy) is 2. The molecule has 1 amide bonds. The zero-order valence-electron chi connectivity index (χ0n) is 14.3. The zero-order chi connectivity index (χ0) is 17.9. The van der Waals surface area contributed by atoms with Crippen LogP contribution >= 0.6 is 15.9 Å². The van der Waals surface area contributed by atoms with Crippen molar-refractivity contribution < 1.29 is 14.3 Å². The highest BCUT2D eigenvalue weighted by Crippen LogP contribution is 2.35. The second-order valence-electron chi connectivity index (χ2n) is 6.81. The highest BCUT2D eigenvalue weighted by atomic mass is 79.9. The lowest BCUT2D eigenvalue weighted by Crippen LogP contribution is -2.44. The largest absolute Gasteiger partial charge is 0.487 e. The summed E-state index contributed by atoms with van der Waals surface area (Å²) in [6, 6.07) is 3.59. The molecule has 0 saturated carbocycles. The van der Waals surface area contributed by atoms with Gasteiger partial charge in [-0.1, -0.05) is 0 Å². The number of rotatable bonds is 3. The van der Waals surface area contributed by atoms with Gasteiger partial charge in [0.1, 0.15) is 11.7 Å². The Morgan fingerprint density at radius 3 is 2.54 bits per heavy atom. The topological polar surface area (TPSA) is 88.6 Å². The first-order chi connectivity index (χ1) is 11.2. The predicted molar refractivity (Wildman–Crippen MR) is 97.9 cm³/mol. The van der Waals surface area contributed by atoms with E-state index in [1.165, 1.54) is 6.21 Å². The summed E-state index contributed by atoms with van der Waals surface area (Å²) in [6.45, 7) is 6.74. The standard InChI is InChI=1S/C17H24BrN3O3/c1-17(2,3)24-16(22)21-8-6-12(7-9-21)23-15-13(18)5-4-11(10-19)14(15)20/h4-5,10,12,19H,6-9,20H2,1-3H3. The van der Waals surface area contributed by atoms with Crippen molar-refractivity contribution >= 4 is 33.9 Å². The predicted octanol–water partition coefficient (Wildman–Crippen LogP) is 3.81. The summed E-state index contributed by atoms with van der Waals surface area (Å²) in [5.41, 5.74) is 6.65. The number of anilines is 1. The molecule has 7 heteroatoms. The molecule has 0 radical (unpaired) electrons. The number of nitrogens with one attached hydrogen (secondary N) is 1. The number of nitrogens with zero attached hydrogens (tertiary/aromatic N) is 1. The van der Waals surface area contributed by atoms with Gasteiger partial charge < -0.3 is 25.5 Å². The molecular formula is C17H24BrN3O3. The Bertz CT molecular complexity index is 620. The van der Waals surface area contributed by atoms with Gasteiger partial charge in [0.15, 0.2) is 5.75 Å². The summed E-state index contributed by atoms with van der Waals surface area (Å²) in [7, 11) is 0. The van der Waals surface area contributed by atoms with Crippen molar-refractivity contribution in [1.82, 2.24) is 4.90 Å². The van der Waals surface area contributed by atoms with Crippen LogP contribution < -0.4 is 10.5 Å². The molecule has 1 fully saturated rings. The van der Waals surface area contributed by atoms with Crippen molar-refractivity contribution in [2.24, 2.45) is 0 Å². The summed E-state index contributed by atoms with van der Waals surface area (Å²) in [4.78, 5) is 13.8. The number of piperidine rings is 1. The van der Waals surface area contributed by atoms with E-state index in [-0.39, 0.29) is 12.2 Å². The van der Waals surface area contributed by atoms with Gasteiger partial charge in [0.25, 0.3) is 0 Å². The Hall–Kier alpha value is -1.76. The lowest BCUT2D eigenvalue weighted by atomic mass is 10.1. The molecule has 3 N–H and O–H groups in total. The zero-order valence-corrected chi connectivity index (χ0v) is 15.9. The maximum atomic E-state index is 12.1. The molecule has 0 atom stereocenters. The van der Waals surface area contributed by atoms with Crippen LogP contribution in [0.4, 0.5) is 10.5 Å². The minimum absolute atomic E-state index is 0.0247. The highest BCUT2D eigenvalue weighted by Gasteiger charge is 2.28. The first kappa shape index (κ1) is 18.6. The molecule has 1 saturated heterocycles. The van der Waals surface area contributed by atoms with Crippen LogP contribution in [0.3, 0.4) is 0 Å². The van der Waals surface area contributed by atoms with Crippen LogP contribution in [0.25, 0.3) is 0 Å². The van der Waals surface area contributed by atoms with E-state index < -0.39 is 5.60 Å². The lowest BCUT2D eigenvalue weighted by Gasteiger charge is -2.33. The Kier molecular flexibility index (Phi) is 5.74. The van der Waals surface area contributed by atoms with E-state index in [2.05, 4.69) is 15.9 Å². The SMILES string of the molecule is CC(C)(C)OC(=O)N1CCC(Oc2c(Br)ccc(C=N)c2N)CC1. The average molecular weight is 398 g/mol. The van der Waals surface area contributed by atoms with Crippen LogP contribution in [0.1, 0.15) is 39.2 Å². The molecule has 0 aromatic heterocycles. The van der Waals surface area contributed by atoms with Gasteiger partial charge in [-0.2, -0.15) is 0 Å². The number of carbonyl (C=O) groups is 1. The van der Waals surface area contributed by atoms with Crippen molar-refractivity contribution in [3.05, 3.63) is 22.2 Å². The summed E-state index contributed by atoms with van der Waals surface area (Å²) >= 11 is 3.44. The first-order valence-corrected chi connectivity index (χ1v) is 8.73. The van der Waals surface area contributed by atoms with Gasteiger partial charge in [0.2, 0.25) is 0 Å². The third-order valence-corrected chi connectivity index (χ3v) is 4.34. The second-order valence-corrected chi connectivity index (χ2v) is 7.66. The number of hydrogen-bond acceptors (Lipinski definition) is 5. The van der Waals surface area contributed by atoms with Gasteiger partial charge >= 0.3 is 6.09 Å². The Labute approximate surface area is 150 Å². The lowest BCUT2D eigenvalue weighted by molar-refractivity contribution is 0.0126. The second kappa shape index (κ2) is 7.42. The summed E-state index contributed by atoms with van der Waals surface area (Å²) in [6.07, 6.45) is 2.32. The fourth-order valence-electron chi connectivity index (χ4n) is 2.48. The van der Waals surface area contributed by atoms with E-state index in [1.54, 1.807) is 11.0 Å². The third kappa shape index (κ3) is 4.63. The number of nitrogens with two attached hydrogens (primary N) is 1. The van der Waals surface area contributed by atoms with Gasteiger partial charge in [-0.05, 0) is 48.8 Å². The van der Waals surface area contributed by atoms with Crippen LogP contribution in [0.15, 0.2) is 16.6 Å². The maximum absolute atomic E-state index is 12.1. The fourth-order valence-corrected chi connectivity index (χ4v) is 2.92. The smallest absolute Gasteiger partial charge is 0.410 e. The summed E-state index contributed by atoms with van der Waals surface area (Å²) < 4.78 is 12.2. The van der Waals surface area contributed by atoms with Crippen molar-refractivity contribution in [2.75, 3.05) is 18.8 Å². The quantitative estimate of drug-likeness (QED) is 0.599. The molecule has 2 rings (SSSR count). The number of benzene rings is 1. The molecule has 1 aromatic rings. The molecular weight excluding hydrogens is 374 g/mol. The molecule has 132 valence electrons. The van der Waals surface area contributed by atoms with Crippen molar-refractivity contribution in [3.63, 3.8) is 0 Å². The molecule has 1 aliphatic heterocycles. The molecule has 24 heavy (non-hydrogen) atoms. The minimum atomic E-state index is -0.489. The number of nitrogen functional groups attached to an aromatic ring is 1. The number of halogens is 1. The molecule has 6 nitrogen and oxygen atoms in total. The number of carbonyl (C=O) groups excluding carboxylic acids is 1. The van der Waals surface area contributed by atoms with E-state index in [0.717, 1.165) is 4.47 Å². The number of amides is 1. The number of likely N-dealkylation sites (tertiary alicyclic amines) is 1. The van der Waals surface area contributed by atoms with Crippen molar-refractivity contribution in [3.8, 4) is 5.75 Å². The van der Waals surface area contributed by atoms with E-state index in [0.29, 0.717) is 42.9 Å². The van der Waals surface area contributed by atoms with E-state index in [1.807, 2.05) is 26.8 Å². The van der Waals surface area contributed by atoms with E-state index in [4.69, 9.17) is 20.6 Å². The van der Waals surface area contributed by atoms with Crippen LogP contribution in [0.5, 0.6) is 5.75 Å². The molecule has 1 aliphatic rings. The Morgan fingerprint density at radius 2 is 2.00 bits per heavy atom. The van der Waals surface area contributed by atoms with Gasteiger partial charge in [-0.3, -0.25) is 0 Å². The van der Waals surface area contributed by atoms with E-state index >= 15 is 0 Å². The van der Waals surface area contributed by atoms with Crippen LogP contribution in [-0.4, -0.2) is 42.0 Å².